The lowest BCUT2D eigenvalue weighted by Crippen LogP contribution is -2.42. The maximum absolute atomic E-state index is 12.6. The Balaban J connectivity index is 1.60. The molecule has 1 aromatic heterocycles. The smallest absolute Gasteiger partial charge is 0.270 e. The number of rotatable bonds is 8. The standard InChI is InChI=1S/C24H27N3O4/c1-3-4-5-8-15-31-18-13-11-17(12-14-18)23(29)25-26-24(30)20-16-22(28)27(2)21-10-7-6-9-19(20)21/h6-7,9-14,16H,3-5,8,15H2,1-2H3,(H,25,29)(H,26,30). The second-order valence-corrected chi connectivity index (χ2v) is 7.31. The molecule has 7 nitrogen and oxygen atoms in total. The first-order valence-electron chi connectivity index (χ1n) is 10.4. The van der Waals surface area contributed by atoms with E-state index >= 15 is 0 Å². The molecule has 0 radical (unpaired) electrons. The van der Waals surface area contributed by atoms with E-state index in [0.717, 1.165) is 12.8 Å². The molecule has 0 saturated carbocycles. The summed E-state index contributed by atoms with van der Waals surface area (Å²) in [5.74, 6) is -0.325. The fraction of sp³-hybridized carbons (Fsp3) is 0.292. The normalized spacial score (nSPS) is 10.6. The highest BCUT2D eigenvalue weighted by Gasteiger charge is 2.14. The van der Waals surface area contributed by atoms with Gasteiger partial charge >= 0.3 is 0 Å². The molecule has 0 aliphatic rings. The van der Waals surface area contributed by atoms with Gasteiger partial charge in [-0.05, 0) is 36.8 Å². The van der Waals surface area contributed by atoms with Crippen molar-refractivity contribution in [1.29, 1.82) is 0 Å². The molecule has 0 spiro atoms. The predicted octanol–water partition coefficient (Wildman–Crippen LogP) is 3.57. The Morgan fingerprint density at radius 3 is 2.39 bits per heavy atom. The highest BCUT2D eigenvalue weighted by atomic mass is 16.5. The van der Waals surface area contributed by atoms with Crippen LogP contribution < -0.4 is 21.1 Å². The second-order valence-electron chi connectivity index (χ2n) is 7.31. The van der Waals surface area contributed by atoms with Crippen molar-refractivity contribution in [3.8, 4) is 5.75 Å². The van der Waals surface area contributed by atoms with Gasteiger partial charge in [0, 0.05) is 24.1 Å². The Morgan fingerprint density at radius 1 is 0.935 bits per heavy atom. The lowest BCUT2D eigenvalue weighted by atomic mass is 10.1. The maximum atomic E-state index is 12.6. The molecule has 2 amide bonds. The van der Waals surface area contributed by atoms with Crippen LogP contribution in [0, 0.1) is 0 Å². The van der Waals surface area contributed by atoms with Crippen LogP contribution in [0.25, 0.3) is 10.9 Å². The average molecular weight is 421 g/mol. The number of hydrogen-bond donors (Lipinski definition) is 2. The number of fused-ring (bicyclic) bond motifs is 1. The van der Waals surface area contributed by atoms with Gasteiger partial charge in [-0.3, -0.25) is 25.2 Å². The van der Waals surface area contributed by atoms with Gasteiger partial charge in [0.2, 0.25) is 0 Å². The summed E-state index contributed by atoms with van der Waals surface area (Å²) in [6.07, 6.45) is 4.51. The van der Waals surface area contributed by atoms with Crippen LogP contribution >= 0.6 is 0 Å². The van der Waals surface area contributed by atoms with Crippen LogP contribution in [0.2, 0.25) is 0 Å². The van der Waals surface area contributed by atoms with Crippen molar-refractivity contribution in [2.24, 2.45) is 7.05 Å². The van der Waals surface area contributed by atoms with E-state index in [1.165, 1.54) is 23.5 Å². The number of nitrogens with one attached hydrogen (secondary N) is 2. The predicted molar refractivity (Wildman–Crippen MR) is 120 cm³/mol. The van der Waals surface area contributed by atoms with Crippen LogP contribution in [0.15, 0.2) is 59.4 Å². The Bertz CT molecular complexity index is 1120. The number of nitrogens with zero attached hydrogens (tertiary/aromatic N) is 1. The molecule has 7 heteroatoms. The lowest BCUT2D eigenvalue weighted by Gasteiger charge is -2.11. The van der Waals surface area contributed by atoms with Gasteiger partial charge in [0.25, 0.3) is 17.4 Å². The molecule has 0 unspecified atom stereocenters. The summed E-state index contributed by atoms with van der Waals surface area (Å²) in [7, 11) is 1.65. The summed E-state index contributed by atoms with van der Waals surface area (Å²) in [5, 5.41) is 0.622. The van der Waals surface area contributed by atoms with Crippen LogP contribution in [-0.2, 0) is 7.05 Å². The first-order valence-corrected chi connectivity index (χ1v) is 10.4. The van der Waals surface area contributed by atoms with Gasteiger partial charge in [-0.2, -0.15) is 0 Å². The molecule has 0 fully saturated rings. The van der Waals surface area contributed by atoms with Gasteiger partial charge in [0.05, 0.1) is 17.7 Å². The van der Waals surface area contributed by atoms with Crippen LogP contribution in [0.1, 0.15) is 53.3 Å². The SMILES string of the molecule is CCCCCCOc1ccc(C(=O)NNC(=O)c2cc(=O)n(C)c3ccccc23)cc1. The largest absolute Gasteiger partial charge is 0.494 e. The molecule has 2 N–H and O–H groups in total. The first kappa shape index (κ1) is 22.1. The fourth-order valence-electron chi connectivity index (χ4n) is 3.27. The van der Waals surface area contributed by atoms with Crippen LogP contribution in [0.3, 0.4) is 0 Å². The third-order valence-corrected chi connectivity index (χ3v) is 5.07. The molecule has 3 rings (SSSR count). The van der Waals surface area contributed by atoms with E-state index in [-0.39, 0.29) is 11.1 Å². The Kier molecular flexibility index (Phi) is 7.43. The number of carbonyl (C=O) groups is 2. The van der Waals surface area contributed by atoms with Crippen molar-refractivity contribution in [1.82, 2.24) is 15.4 Å². The molecule has 0 saturated heterocycles. The summed E-state index contributed by atoms with van der Waals surface area (Å²) < 4.78 is 7.14. The summed E-state index contributed by atoms with van der Waals surface area (Å²) >= 11 is 0. The van der Waals surface area contributed by atoms with Crippen molar-refractivity contribution in [2.45, 2.75) is 32.6 Å². The molecule has 2 aromatic carbocycles. The summed E-state index contributed by atoms with van der Waals surface area (Å²) in [6, 6.07) is 15.1. The number of benzene rings is 2. The third-order valence-electron chi connectivity index (χ3n) is 5.07. The second kappa shape index (κ2) is 10.4. The van der Waals surface area contributed by atoms with Crippen LogP contribution in [-0.4, -0.2) is 23.0 Å². The maximum Gasteiger partial charge on any atom is 0.270 e. The molecule has 1 heterocycles. The number of aryl methyl sites for hydroxylation is 1. The van der Waals surface area contributed by atoms with Gasteiger partial charge in [0.1, 0.15) is 5.75 Å². The zero-order chi connectivity index (χ0) is 22.2. The minimum absolute atomic E-state index is 0.200. The topological polar surface area (TPSA) is 89.4 Å². The van der Waals surface area contributed by atoms with E-state index in [2.05, 4.69) is 17.8 Å². The monoisotopic (exact) mass is 421 g/mol. The highest BCUT2D eigenvalue weighted by molar-refractivity contribution is 6.07. The average Bonchev–Trinajstić information content (AvgIpc) is 2.80. The number of hydrogen-bond acceptors (Lipinski definition) is 4. The number of amides is 2. The van der Waals surface area contributed by atoms with E-state index < -0.39 is 11.8 Å². The van der Waals surface area contributed by atoms with Crippen molar-refractivity contribution < 1.29 is 14.3 Å². The molecule has 31 heavy (non-hydrogen) atoms. The van der Waals surface area contributed by atoms with Crippen LogP contribution in [0.5, 0.6) is 5.75 Å². The quantitative estimate of drug-likeness (QED) is 0.430. The van der Waals surface area contributed by atoms with E-state index in [4.69, 9.17) is 4.74 Å². The minimum Gasteiger partial charge on any atom is -0.494 e. The zero-order valence-corrected chi connectivity index (χ0v) is 17.8. The molecule has 0 bridgehead atoms. The number of para-hydroxylation sites is 1. The molecule has 3 aromatic rings. The van der Waals surface area contributed by atoms with Crippen molar-refractivity contribution in [2.75, 3.05) is 6.61 Å². The number of carbonyl (C=O) groups excluding carboxylic acids is 2. The summed E-state index contributed by atoms with van der Waals surface area (Å²) in [5.41, 5.74) is 5.69. The highest BCUT2D eigenvalue weighted by Crippen LogP contribution is 2.16. The molecule has 0 aliphatic heterocycles. The summed E-state index contributed by atoms with van der Waals surface area (Å²) in [4.78, 5) is 37.1. The van der Waals surface area contributed by atoms with Crippen molar-refractivity contribution in [3.63, 3.8) is 0 Å². The zero-order valence-electron chi connectivity index (χ0n) is 17.8. The molecular weight excluding hydrogens is 394 g/mol. The number of aromatic nitrogens is 1. The minimum atomic E-state index is -0.561. The Morgan fingerprint density at radius 2 is 1.65 bits per heavy atom. The molecule has 0 atom stereocenters. The molecular formula is C24H27N3O4. The Hall–Kier alpha value is -3.61. The van der Waals surface area contributed by atoms with Crippen molar-refractivity contribution in [3.05, 3.63) is 76.1 Å². The van der Waals surface area contributed by atoms with E-state index in [1.807, 2.05) is 0 Å². The first-order chi connectivity index (χ1) is 15.0. The van der Waals surface area contributed by atoms with E-state index in [1.54, 1.807) is 55.6 Å². The van der Waals surface area contributed by atoms with Gasteiger partial charge in [0.15, 0.2) is 0 Å². The number of pyridine rings is 1. The van der Waals surface area contributed by atoms with Gasteiger partial charge in [-0.25, -0.2) is 0 Å². The summed E-state index contributed by atoms with van der Waals surface area (Å²) in [6.45, 7) is 2.81. The molecule has 162 valence electrons. The number of hydrazine groups is 1. The third kappa shape index (κ3) is 5.51. The lowest BCUT2D eigenvalue weighted by molar-refractivity contribution is 0.0847. The van der Waals surface area contributed by atoms with Crippen LogP contribution in [0.4, 0.5) is 0 Å². The number of ether oxygens (including phenoxy) is 1. The fourth-order valence-corrected chi connectivity index (χ4v) is 3.27. The van der Waals surface area contributed by atoms with Gasteiger partial charge in [-0.1, -0.05) is 44.4 Å². The van der Waals surface area contributed by atoms with Gasteiger partial charge in [-0.15, -0.1) is 0 Å². The Labute approximate surface area is 181 Å². The van der Waals surface area contributed by atoms with E-state index in [9.17, 15) is 14.4 Å². The molecule has 0 aliphatic carbocycles. The van der Waals surface area contributed by atoms with Crippen molar-refractivity contribution >= 4 is 22.7 Å². The van der Waals surface area contributed by atoms with Gasteiger partial charge < -0.3 is 9.30 Å². The number of unbranched alkanes of at least 4 members (excludes halogenated alkanes) is 3. The van der Waals surface area contributed by atoms with E-state index in [0.29, 0.717) is 28.8 Å².